The van der Waals surface area contributed by atoms with E-state index < -0.39 is 5.79 Å². The molecule has 5 nitrogen and oxygen atoms in total. The van der Waals surface area contributed by atoms with Crippen molar-refractivity contribution in [3.8, 4) is 0 Å². The summed E-state index contributed by atoms with van der Waals surface area (Å²) in [6, 6.07) is -0.370. The van der Waals surface area contributed by atoms with Gasteiger partial charge in [0, 0.05) is 6.04 Å². The number of carbonyl (C=O) groups excluding carboxylic acids is 1. The molecule has 0 unspecified atom stereocenters. The number of nitrogens with two attached hydrogens (primary N) is 1. The minimum atomic E-state index is -0.600. The standard InChI is InChI=1S/C10H19NO4/c1-4-13-9(12)5-7(11)8-6-14-10(2,3)15-8/h7-8H,4-6,11H2,1-3H3/t7-,8-/m1/s1. The summed E-state index contributed by atoms with van der Waals surface area (Å²) in [4.78, 5) is 11.2. The Morgan fingerprint density at radius 1 is 1.67 bits per heavy atom. The zero-order valence-corrected chi connectivity index (χ0v) is 9.49. The van der Waals surface area contributed by atoms with Gasteiger partial charge < -0.3 is 19.9 Å². The Morgan fingerprint density at radius 3 is 2.80 bits per heavy atom. The van der Waals surface area contributed by atoms with Gasteiger partial charge in [-0.2, -0.15) is 0 Å². The molecule has 0 radical (unpaired) electrons. The smallest absolute Gasteiger partial charge is 0.307 e. The Bertz CT molecular complexity index is 229. The molecule has 2 atom stereocenters. The van der Waals surface area contributed by atoms with Crippen LogP contribution in [-0.2, 0) is 19.0 Å². The quantitative estimate of drug-likeness (QED) is 0.691. The van der Waals surface area contributed by atoms with E-state index in [2.05, 4.69) is 0 Å². The average Bonchev–Trinajstić information content (AvgIpc) is 2.46. The first-order valence-electron chi connectivity index (χ1n) is 5.17. The van der Waals surface area contributed by atoms with Crippen LogP contribution in [0.4, 0.5) is 0 Å². The van der Waals surface area contributed by atoms with Crippen LogP contribution in [0.1, 0.15) is 27.2 Å². The number of esters is 1. The summed E-state index contributed by atoms with van der Waals surface area (Å²) in [5, 5.41) is 0. The van der Waals surface area contributed by atoms with E-state index in [4.69, 9.17) is 19.9 Å². The van der Waals surface area contributed by atoms with Crippen LogP contribution in [0.5, 0.6) is 0 Å². The van der Waals surface area contributed by atoms with Gasteiger partial charge in [-0.3, -0.25) is 4.79 Å². The van der Waals surface area contributed by atoms with Gasteiger partial charge in [-0.25, -0.2) is 0 Å². The van der Waals surface area contributed by atoms with Gasteiger partial charge in [-0.05, 0) is 20.8 Å². The Kier molecular flexibility index (Phi) is 4.07. The fourth-order valence-corrected chi connectivity index (χ4v) is 1.47. The highest BCUT2D eigenvalue weighted by molar-refractivity contribution is 5.70. The van der Waals surface area contributed by atoms with Crippen molar-refractivity contribution in [2.75, 3.05) is 13.2 Å². The molecule has 1 rings (SSSR count). The van der Waals surface area contributed by atoms with Crippen molar-refractivity contribution in [3.63, 3.8) is 0 Å². The van der Waals surface area contributed by atoms with Crippen LogP contribution in [-0.4, -0.2) is 37.1 Å². The van der Waals surface area contributed by atoms with Crippen LogP contribution < -0.4 is 5.73 Å². The van der Waals surface area contributed by atoms with Crippen LogP contribution in [0.3, 0.4) is 0 Å². The minimum Gasteiger partial charge on any atom is -0.466 e. The lowest BCUT2D eigenvalue weighted by atomic mass is 10.1. The molecule has 0 aromatic rings. The van der Waals surface area contributed by atoms with Crippen LogP contribution in [0.15, 0.2) is 0 Å². The van der Waals surface area contributed by atoms with Gasteiger partial charge in [0.05, 0.1) is 25.7 Å². The highest BCUT2D eigenvalue weighted by atomic mass is 16.7. The zero-order chi connectivity index (χ0) is 11.5. The monoisotopic (exact) mass is 217 g/mol. The van der Waals surface area contributed by atoms with Gasteiger partial charge in [0.15, 0.2) is 5.79 Å². The van der Waals surface area contributed by atoms with Crippen molar-refractivity contribution >= 4 is 5.97 Å². The molecule has 1 aliphatic heterocycles. The molecular weight excluding hydrogens is 198 g/mol. The van der Waals surface area contributed by atoms with Gasteiger partial charge in [0.25, 0.3) is 0 Å². The molecule has 0 aliphatic carbocycles. The molecule has 5 heteroatoms. The summed E-state index contributed by atoms with van der Waals surface area (Å²) in [6.07, 6.45) is -0.0674. The molecule has 0 bridgehead atoms. The maximum Gasteiger partial charge on any atom is 0.307 e. The fraction of sp³-hybridized carbons (Fsp3) is 0.900. The summed E-state index contributed by atoms with van der Waals surface area (Å²) in [5.41, 5.74) is 5.83. The molecule has 0 saturated carbocycles. The largest absolute Gasteiger partial charge is 0.466 e. The molecule has 0 amide bonds. The molecule has 0 aromatic carbocycles. The molecule has 88 valence electrons. The highest BCUT2D eigenvalue weighted by Crippen LogP contribution is 2.24. The second-order valence-electron chi connectivity index (χ2n) is 4.04. The van der Waals surface area contributed by atoms with E-state index in [1.807, 2.05) is 13.8 Å². The van der Waals surface area contributed by atoms with Crippen LogP contribution >= 0.6 is 0 Å². The maximum absolute atomic E-state index is 11.2. The van der Waals surface area contributed by atoms with E-state index in [1.54, 1.807) is 6.92 Å². The lowest BCUT2D eigenvalue weighted by Gasteiger charge is -2.20. The van der Waals surface area contributed by atoms with E-state index in [9.17, 15) is 4.79 Å². The first kappa shape index (κ1) is 12.4. The molecule has 0 spiro atoms. The van der Waals surface area contributed by atoms with Crippen molar-refractivity contribution in [3.05, 3.63) is 0 Å². The topological polar surface area (TPSA) is 70.8 Å². The van der Waals surface area contributed by atoms with Crippen molar-refractivity contribution in [1.29, 1.82) is 0 Å². The van der Waals surface area contributed by atoms with Gasteiger partial charge in [-0.15, -0.1) is 0 Å². The molecule has 0 aromatic heterocycles. The zero-order valence-electron chi connectivity index (χ0n) is 9.49. The number of hydrogen-bond donors (Lipinski definition) is 1. The lowest BCUT2D eigenvalue weighted by molar-refractivity contribution is -0.149. The lowest BCUT2D eigenvalue weighted by Crippen LogP contribution is -2.39. The van der Waals surface area contributed by atoms with Gasteiger partial charge in [0.2, 0.25) is 0 Å². The third-order valence-electron chi connectivity index (χ3n) is 2.22. The average molecular weight is 217 g/mol. The molecule has 2 N–H and O–H groups in total. The van der Waals surface area contributed by atoms with Crippen molar-refractivity contribution in [2.24, 2.45) is 5.73 Å². The minimum absolute atomic E-state index is 0.165. The maximum atomic E-state index is 11.2. The first-order valence-corrected chi connectivity index (χ1v) is 5.17. The molecule has 1 heterocycles. The Labute approximate surface area is 89.9 Å². The SMILES string of the molecule is CCOC(=O)C[C@@H](N)[C@H]1COC(C)(C)O1. The van der Waals surface area contributed by atoms with Crippen molar-refractivity contribution < 1.29 is 19.0 Å². The number of rotatable bonds is 4. The summed E-state index contributed by atoms with van der Waals surface area (Å²) in [7, 11) is 0. The second kappa shape index (κ2) is 4.92. The third-order valence-corrected chi connectivity index (χ3v) is 2.22. The number of carbonyl (C=O) groups is 1. The predicted octanol–water partition coefficient (Wildman–Crippen LogP) is 0.418. The van der Waals surface area contributed by atoms with E-state index in [0.717, 1.165) is 0 Å². The van der Waals surface area contributed by atoms with Gasteiger partial charge >= 0.3 is 5.97 Å². The second-order valence-corrected chi connectivity index (χ2v) is 4.04. The normalized spacial score (nSPS) is 26.3. The molecule has 1 saturated heterocycles. The Balaban J connectivity index is 2.35. The Hall–Kier alpha value is -0.650. The summed E-state index contributed by atoms with van der Waals surface area (Å²) < 4.78 is 15.7. The van der Waals surface area contributed by atoms with Crippen LogP contribution in [0, 0.1) is 0 Å². The first-order chi connectivity index (χ1) is 6.94. The summed E-state index contributed by atoms with van der Waals surface area (Å²) in [5.74, 6) is -0.893. The van der Waals surface area contributed by atoms with Crippen LogP contribution in [0.2, 0.25) is 0 Å². The van der Waals surface area contributed by atoms with Crippen molar-refractivity contribution in [1.82, 2.24) is 0 Å². The molecule has 1 fully saturated rings. The molecule has 1 aliphatic rings. The van der Waals surface area contributed by atoms with Crippen LogP contribution in [0.25, 0.3) is 0 Å². The molecule has 15 heavy (non-hydrogen) atoms. The van der Waals surface area contributed by atoms with Gasteiger partial charge in [-0.1, -0.05) is 0 Å². The van der Waals surface area contributed by atoms with E-state index in [1.165, 1.54) is 0 Å². The highest BCUT2D eigenvalue weighted by Gasteiger charge is 2.36. The summed E-state index contributed by atoms with van der Waals surface area (Å²) in [6.45, 7) is 6.21. The van der Waals surface area contributed by atoms with E-state index in [-0.39, 0.29) is 24.5 Å². The van der Waals surface area contributed by atoms with Crippen molar-refractivity contribution in [2.45, 2.75) is 45.1 Å². The molecular formula is C10H19NO4. The van der Waals surface area contributed by atoms with Gasteiger partial charge in [0.1, 0.15) is 0 Å². The Morgan fingerprint density at radius 2 is 2.33 bits per heavy atom. The number of hydrogen-bond acceptors (Lipinski definition) is 5. The third kappa shape index (κ3) is 3.77. The number of ether oxygens (including phenoxy) is 3. The predicted molar refractivity (Wildman–Crippen MR) is 54.1 cm³/mol. The fourth-order valence-electron chi connectivity index (χ4n) is 1.47. The van der Waals surface area contributed by atoms with E-state index >= 15 is 0 Å². The van der Waals surface area contributed by atoms with E-state index in [0.29, 0.717) is 13.2 Å². The summed E-state index contributed by atoms with van der Waals surface area (Å²) >= 11 is 0.